The largest absolute Gasteiger partial charge is 0.344 e. The average Bonchev–Trinajstić information content (AvgIpc) is 2.37. The molecule has 2 aromatic rings. The number of halogens is 1. The van der Waals surface area contributed by atoms with Crippen molar-refractivity contribution in [3.8, 4) is 0 Å². The highest BCUT2D eigenvalue weighted by molar-refractivity contribution is 9.10. The number of nitrogens with two attached hydrogens (primary N) is 1. The maximum atomic E-state index is 6.11. The number of aryl methyl sites for hydroxylation is 2. The quantitative estimate of drug-likeness (QED) is 0.870. The first-order valence-electron chi connectivity index (χ1n) is 6.76. The molecule has 1 atom stereocenters. The maximum Gasteiger partial charge on any atom is 0.0457 e. The van der Waals surface area contributed by atoms with Gasteiger partial charge in [0.05, 0.1) is 0 Å². The van der Waals surface area contributed by atoms with E-state index in [4.69, 9.17) is 5.73 Å². The van der Waals surface area contributed by atoms with Crippen molar-refractivity contribution in [1.29, 1.82) is 0 Å². The molecule has 0 aliphatic rings. The highest BCUT2D eigenvalue weighted by Crippen LogP contribution is 2.33. The van der Waals surface area contributed by atoms with E-state index in [2.05, 4.69) is 78.1 Å². The summed E-state index contributed by atoms with van der Waals surface area (Å²) in [6.45, 7) is 6.27. The van der Waals surface area contributed by atoms with Crippen molar-refractivity contribution >= 4 is 27.3 Å². The Morgan fingerprint density at radius 1 is 1.05 bits per heavy atom. The van der Waals surface area contributed by atoms with Gasteiger partial charge in [0.15, 0.2) is 0 Å². The number of hydrogen-bond acceptors (Lipinski definition) is 2. The fraction of sp³-hybridized carbons (Fsp3) is 0.294. The molecule has 2 N–H and O–H groups in total. The SMILES string of the molecule is Cc1ccc(N(C)c2ccc(Br)cc2C(C)N)c(C)c1. The fourth-order valence-electron chi connectivity index (χ4n) is 2.51. The monoisotopic (exact) mass is 332 g/mol. The minimum atomic E-state index is -0.00398. The Morgan fingerprint density at radius 3 is 2.30 bits per heavy atom. The lowest BCUT2D eigenvalue weighted by Gasteiger charge is -2.26. The minimum Gasteiger partial charge on any atom is -0.344 e. The molecule has 0 spiro atoms. The number of rotatable bonds is 3. The van der Waals surface area contributed by atoms with Crippen LogP contribution in [0.3, 0.4) is 0 Å². The van der Waals surface area contributed by atoms with E-state index in [1.54, 1.807) is 0 Å². The number of nitrogens with zero attached hydrogens (tertiary/aromatic N) is 1. The predicted octanol–water partition coefficient (Wildman–Crippen LogP) is 4.85. The Kier molecular flexibility index (Phi) is 4.51. The summed E-state index contributed by atoms with van der Waals surface area (Å²) in [6, 6.07) is 12.8. The zero-order chi connectivity index (χ0) is 14.9. The molecule has 0 bridgehead atoms. The summed E-state index contributed by atoms with van der Waals surface area (Å²) in [5.41, 5.74) is 12.2. The van der Waals surface area contributed by atoms with E-state index in [0.29, 0.717) is 0 Å². The van der Waals surface area contributed by atoms with Crippen LogP contribution in [0.5, 0.6) is 0 Å². The standard InChI is InChI=1S/C17H21BrN2/c1-11-5-7-16(12(2)9-11)20(4)17-8-6-14(18)10-15(17)13(3)19/h5-10,13H,19H2,1-4H3. The van der Waals surface area contributed by atoms with Gasteiger partial charge >= 0.3 is 0 Å². The zero-order valence-electron chi connectivity index (χ0n) is 12.4. The molecule has 20 heavy (non-hydrogen) atoms. The third kappa shape index (κ3) is 3.05. The Labute approximate surface area is 129 Å². The minimum absolute atomic E-state index is 0.00398. The van der Waals surface area contributed by atoms with E-state index in [0.717, 1.165) is 15.7 Å². The highest BCUT2D eigenvalue weighted by atomic mass is 79.9. The van der Waals surface area contributed by atoms with Crippen molar-refractivity contribution in [2.75, 3.05) is 11.9 Å². The molecule has 106 valence electrons. The summed E-state index contributed by atoms with van der Waals surface area (Å²) < 4.78 is 1.06. The molecule has 2 nitrogen and oxygen atoms in total. The summed E-state index contributed by atoms with van der Waals surface area (Å²) in [5.74, 6) is 0. The molecule has 0 aliphatic carbocycles. The zero-order valence-corrected chi connectivity index (χ0v) is 14.0. The molecule has 0 radical (unpaired) electrons. The van der Waals surface area contributed by atoms with E-state index < -0.39 is 0 Å². The number of hydrogen-bond donors (Lipinski definition) is 1. The molecule has 3 heteroatoms. The van der Waals surface area contributed by atoms with Gasteiger partial charge in [0.1, 0.15) is 0 Å². The summed E-state index contributed by atoms with van der Waals surface area (Å²) in [6.07, 6.45) is 0. The van der Waals surface area contributed by atoms with Gasteiger partial charge in [0, 0.05) is 28.9 Å². The van der Waals surface area contributed by atoms with Gasteiger partial charge in [0.2, 0.25) is 0 Å². The normalized spacial score (nSPS) is 12.3. The first-order valence-corrected chi connectivity index (χ1v) is 7.55. The van der Waals surface area contributed by atoms with Crippen molar-refractivity contribution in [2.45, 2.75) is 26.8 Å². The van der Waals surface area contributed by atoms with Gasteiger partial charge in [-0.2, -0.15) is 0 Å². The van der Waals surface area contributed by atoms with Gasteiger partial charge < -0.3 is 10.6 Å². The van der Waals surface area contributed by atoms with Crippen LogP contribution < -0.4 is 10.6 Å². The third-order valence-corrected chi connectivity index (χ3v) is 4.05. The second kappa shape index (κ2) is 5.98. The first kappa shape index (κ1) is 15.1. The molecule has 1 unspecified atom stereocenters. The number of anilines is 2. The summed E-state index contributed by atoms with van der Waals surface area (Å²) in [7, 11) is 2.09. The Morgan fingerprint density at radius 2 is 1.70 bits per heavy atom. The molecule has 0 saturated heterocycles. The van der Waals surface area contributed by atoms with E-state index in [9.17, 15) is 0 Å². The highest BCUT2D eigenvalue weighted by Gasteiger charge is 2.14. The second-order valence-corrected chi connectivity index (χ2v) is 6.26. The topological polar surface area (TPSA) is 29.3 Å². The van der Waals surface area contributed by atoms with Gasteiger partial charge in [-0.1, -0.05) is 33.6 Å². The van der Waals surface area contributed by atoms with E-state index in [1.165, 1.54) is 16.8 Å². The lowest BCUT2D eigenvalue weighted by molar-refractivity contribution is 0.814. The van der Waals surface area contributed by atoms with Crippen LogP contribution in [-0.2, 0) is 0 Å². The smallest absolute Gasteiger partial charge is 0.0457 e. The molecular formula is C17H21BrN2. The van der Waals surface area contributed by atoms with Crippen molar-refractivity contribution in [3.63, 3.8) is 0 Å². The van der Waals surface area contributed by atoms with Crippen molar-refractivity contribution in [1.82, 2.24) is 0 Å². The Hall–Kier alpha value is -1.32. The molecule has 0 aromatic heterocycles. The Balaban J connectivity index is 2.50. The van der Waals surface area contributed by atoms with Gasteiger partial charge in [-0.15, -0.1) is 0 Å². The molecular weight excluding hydrogens is 312 g/mol. The van der Waals surface area contributed by atoms with Crippen LogP contribution in [-0.4, -0.2) is 7.05 Å². The van der Waals surface area contributed by atoms with E-state index >= 15 is 0 Å². The van der Waals surface area contributed by atoms with Crippen LogP contribution in [0.4, 0.5) is 11.4 Å². The first-order chi connectivity index (χ1) is 9.40. The molecule has 2 rings (SSSR count). The van der Waals surface area contributed by atoms with Crippen LogP contribution in [0.1, 0.15) is 29.7 Å². The van der Waals surface area contributed by atoms with Gasteiger partial charge in [-0.05, 0) is 56.2 Å². The Bertz CT molecular complexity index is 620. The number of benzene rings is 2. The maximum absolute atomic E-state index is 6.11. The van der Waals surface area contributed by atoms with Crippen LogP contribution in [0.25, 0.3) is 0 Å². The average molecular weight is 333 g/mol. The van der Waals surface area contributed by atoms with Crippen molar-refractivity contribution < 1.29 is 0 Å². The predicted molar refractivity (Wildman–Crippen MR) is 90.7 cm³/mol. The van der Waals surface area contributed by atoms with Gasteiger partial charge in [0.25, 0.3) is 0 Å². The van der Waals surface area contributed by atoms with Crippen molar-refractivity contribution in [3.05, 3.63) is 57.6 Å². The van der Waals surface area contributed by atoms with Crippen LogP contribution >= 0.6 is 15.9 Å². The molecule has 0 amide bonds. The van der Waals surface area contributed by atoms with Crippen LogP contribution in [0, 0.1) is 13.8 Å². The molecule has 0 fully saturated rings. The van der Waals surface area contributed by atoms with Gasteiger partial charge in [-0.3, -0.25) is 0 Å². The summed E-state index contributed by atoms with van der Waals surface area (Å²) >= 11 is 3.52. The lowest BCUT2D eigenvalue weighted by atomic mass is 10.0. The molecule has 2 aromatic carbocycles. The lowest BCUT2D eigenvalue weighted by Crippen LogP contribution is -2.16. The fourth-order valence-corrected chi connectivity index (χ4v) is 2.89. The third-order valence-electron chi connectivity index (χ3n) is 3.56. The van der Waals surface area contributed by atoms with Crippen LogP contribution in [0.2, 0.25) is 0 Å². The molecule has 0 aliphatic heterocycles. The van der Waals surface area contributed by atoms with E-state index in [1.807, 2.05) is 6.92 Å². The van der Waals surface area contributed by atoms with E-state index in [-0.39, 0.29) is 6.04 Å². The van der Waals surface area contributed by atoms with Crippen LogP contribution in [0.15, 0.2) is 40.9 Å². The summed E-state index contributed by atoms with van der Waals surface area (Å²) in [5, 5.41) is 0. The van der Waals surface area contributed by atoms with Gasteiger partial charge in [-0.25, -0.2) is 0 Å². The second-order valence-electron chi connectivity index (χ2n) is 5.34. The van der Waals surface area contributed by atoms with Crippen molar-refractivity contribution in [2.24, 2.45) is 5.73 Å². The molecule has 0 heterocycles. The summed E-state index contributed by atoms with van der Waals surface area (Å²) in [4.78, 5) is 2.21. The molecule has 0 saturated carbocycles.